The summed E-state index contributed by atoms with van der Waals surface area (Å²) in [4.78, 5) is 4.58. The summed E-state index contributed by atoms with van der Waals surface area (Å²) in [5, 5.41) is 3.25. The van der Waals surface area contributed by atoms with Gasteiger partial charge >= 0.3 is 5.82 Å². The highest BCUT2D eigenvalue weighted by Crippen LogP contribution is 2.12. The Morgan fingerprint density at radius 3 is 2.67 bits per heavy atom. The largest absolute Gasteiger partial charge is 0.350 e. The second kappa shape index (κ2) is 4.26. The molecule has 3 heteroatoms. The standard InChI is InChI=1S/C12H15N3/c1-3-7-11-13-12(15(2)14-11)10-8-5-4-6-9-10/h4-6,8-9H,3,7H2,1-2H3/p+1. The number of aromatic nitrogens is 3. The monoisotopic (exact) mass is 202 g/mol. The highest BCUT2D eigenvalue weighted by molar-refractivity contribution is 5.51. The predicted octanol–water partition coefficient (Wildman–Crippen LogP) is 1.85. The fourth-order valence-electron chi connectivity index (χ4n) is 1.67. The van der Waals surface area contributed by atoms with Crippen molar-refractivity contribution in [2.45, 2.75) is 19.8 Å². The summed E-state index contributed by atoms with van der Waals surface area (Å²) in [6.07, 6.45) is 2.11. The molecule has 0 fully saturated rings. The van der Waals surface area contributed by atoms with Gasteiger partial charge in [-0.15, -0.1) is 0 Å². The molecule has 15 heavy (non-hydrogen) atoms. The fourth-order valence-corrected chi connectivity index (χ4v) is 1.67. The van der Waals surface area contributed by atoms with E-state index < -0.39 is 0 Å². The van der Waals surface area contributed by atoms with Crippen LogP contribution in [0.25, 0.3) is 11.4 Å². The van der Waals surface area contributed by atoms with E-state index in [0.717, 1.165) is 30.1 Å². The number of aromatic amines is 1. The highest BCUT2D eigenvalue weighted by atomic mass is 15.3. The van der Waals surface area contributed by atoms with Crippen LogP contribution in [0, 0.1) is 0 Å². The molecule has 0 radical (unpaired) electrons. The van der Waals surface area contributed by atoms with Gasteiger partial charge in [0.15, 0.2) is 0 Å². The van der Waals surface area contributed by atoms with Gasteiger partial charge in [-0.1, -0.05) is 25.1 Å². The maximum absolute atomic E-state index is 4.58. The highest BCUT2D eigenvalue weighted by Gasteiger charge is 2.17. The van der Waals surface area contributed by atoms with Crippen molar-refractivity contribution in [3.05, 3.63) is 36.2 Å². The summed E-state index contributed by atoms with van der Waals surface area (Å²) >= 11 is 0. The normalized spacial score (nSPS) is 10.5. The molecule has 1 aromatic heterocycles. The van der Waals surface area contributed by atoms with Gasteiger partial charge in [-0.2, -0.15) is 9.78 Å². The van der Waals surface area contributed by atoms with Crippen LogP contribution in [0.1, 0.15) is 19.2 Å². The second-order valence-corrected chi connectivity index (χ2v) is 3.67. The minimum atomic E-state index is 0.999. The molecule has 1 heterocycles. The van der Waals surface area contributed by atoms with E-state index in [1.807, 2.05) is 29.9 Å². The van der Waals surface area contributed by atoms with E-state index >= 15 is 0 Å². The van der Waals surface area contributed by atoms with Crippen LogP contribution in [0.5, 0.6) is 0 Å². The predicted molar refractivity (Wildman–Crippen MR) is 59.2 cm³/mol. The van der Waals surface area contributed by atoms with Gasteiger partial charge in [-0.3, -0.25) is 0 Å². The molecule has 78 valence electrons. The van der Waals surface area contributed by atoms with Crippen LogP contribution in [0.15, 0.2) is 30.3 Å². The first-order chi connectivity index (χ1) is 7.31. The van der Waals surface area contributed by atoms with Crippen molar-refractivity contribution < 1.29 is 4.68 Å². The van der Waals surface area contributed by atoms with E-state index in [1.54, 1.807) is 0 Å². The Bertz CT molecular complexity index is 431. The fraction of sp³-hybridized carbons (Fsp3) is 0.333. The van der Waals surface area contributed by atoms with E-state index in [-0.39, 0.29) is 0 Å². The number of nitrogens with one attached hydrogen (secondary N) is 1. The Labute approximate surface area is 89.8 Å². The molecule has 0 saturated carbocycles. The molecular formula is C12H16N3+. The third kappa shape index (κ3) is 2.06. The number of hydrogen-bond donors (Lipinski definition) is 1. The third-order valence-corrected chi connectivity index (χ3v) is 2.37. The number of rotatable bonds is 3. The molecule has 0 bridgehead atoms. The van der Waals surface area contributed by atoms with Gasteiger partial charge in [0.2, 0.25) is 0 Å². The van der Waals surface area contributed by atoms with Gasteiger partial charge in [-0.05, 0) is 23.5 Å². The summed E-state index contributed by atoms with van der Waals surface area (Å²) in [5.41, 5.74) is 1.15. The number of nitrogens with zero attached hydrogens (tertiary/aromatic N) is 2. The summed E-state index contributed by atoms with van der Waals surface area (Å²) in [6.45, 7) is 2.16. The smallest absolute Gasteiger partial charge is 0.191 e. The number of hydrogen-bond acceptors (Lipinski definition) is 1. The van der Waals surface area contributed by atoms with E-state index in [9.17, 15) is 0 Å². The number of aryl methyl sites for hydroxylation is 2. The first kappa shape index (κ1) is 9.90. The van der Waals surface area contributed by atoms with E-state index in [2.05, 4.69) is 29.1 Å². The lowest BCUT2D eigenvalue weighted by Crippen LogP contribution is -2.32. The van der Waals surface area contributed by atoms with Crippen molar-refractivity contribution in [2.75, 3.05) is 0 Å². The minimum Gasteiger partial charge on any atom is -0.191 e. The molecule has 2 rings (SSSR count). The molecule has 0 spiro atoms. The molecule has 0 aliphatic rings. The SMILES string of the molecule is CCCc1nc(-c2ccccc2)[n+](C)[nH]1. The van der Waals surface area contributed by atoms with Crippen LogP contribution in [0.2, 0.25) is 0 Å². The lowest BCUT2D eigenvalue weighted by atomic mass is 10.2. The minimum absolute atomic E-state index is 0.999. The first-order valence-corrected chi connectivity index (χ1v) is 5.31. The van der Waals surface area contributed by atoms with Gasteiger partial charge in [0, 0.05) is 6.42 Å². The van der Waals surface area contributed by atoms with Crippen LogP contribution >= 0.6 is 0 Å². The average molecular weight is 202 g/mol. The zero-order valence-corrected chi connectivity index (χ0v) is 9.20. The summed E-state index contributed by atoms with van der Waals surface area (Å²) < 4.78 is 1.97. The molecular weight excluding hydrogens is 186 g/mol. The Kier molecular flexibility index (Phi) is 2.81. The zero-order valence-electron chi connectivity index (χ0n) is 9.20. The third-order valence-electron chi connectivity index (χ3n) is 2.37. The molecule has 0 aliphatic carbocycles. The molecule has 0 amide bonds. The van der Waals surface area contributed by atoms with Gasteiger partial charge < -0.3 is 0 Å². The quantitative estimate of drug-likeness (QED) is 0.757. The van der Waals surface area contributed by atoms with Crippen LogP contribution < -0.4 is 4.68 Å². The molecule has 0 saturated heterocycles. The molecule has 2 aromatic rings. The van der Waals surface area contributed by atoms with E-state index in [0.29, 0.717) is 0 Å². The Hall–Kier alpha value is -1.64. The van der Waals surface area contributed by atoms with Crippen molar-refractivity contribution >= 4 is 0 Å². The van der Waals surface area contributed by atoms with E-state index in [1.165, 1.54) is 0 Å². The lowest BCUT2D eigenvalue weighted by Gasteiger charge is -1.90. The average Bonchev–Trinajstić information content (AvgIpc) is 2.61. The summed E-state index contributed by atoms with van der Waals surface area (Å²) in [5.74, 6) is 2.05. The summed E-state index contributed by atoms with van der Waals surface area (Å²) in [6, 6.07) is 10.2. The topological polar surface area (TPSA) is 32.6 Å². The van der Waals surface area contributed by atoms with Crippen LogP contribution in [0.3, 0.4) is 0 Å². The molecule has 0 atom stereocenters. The second-order valence-electron chi connectivity index (χ2n) is 3.67. The molecule has 0 aliphatic heterocycles. The summed E-state index contributed by atoms with van der Waals surface area (Å²) in [7, 11) is 1.99. The van der Waals surface area contributed by atoms with Gasteiger partial charge in [-0.25, -0.2) is 0 Å². The van der Waals surface area contributed by atoms with Crippen molar-refractivity contribution in [1.82, 2.24) is 10.1 Å². The van der Waals surface area contributed by atoms with Gasteiger partial charge in [0.1, 0.15) is 7.05 Å². The zero-order chi connectivity index (χ0) is 10.7. The van der Waals surface area contributed by atoms with Gasteiger partial charge in [0.25, 0.3) is 5.82 Å². The molecule has 1 aromatic carbocycles. The van der Waals surface area contributed by atoms with Crippen molar-refractivity contribution in [3.63, 3.8) is 0 Å². The molecule has 3 nitrogen and oxygen atoms in total. The van der Waals surface area contributed by atoms with Crippen LogP contribution in [0.4, 0.5) is 0 Å². The lowest BCUT2D eigenvalue weighted by molar-refractivity contribution is -0.718. The van der Waals surface area contributed by atoms with Crippen molar-refractivity contribution in [3.8, 4) is 11.4 Å². The first-order valence-electron chi connectivity index (χ1n) is 5.31. The molecule has 0 unspecified atom stereocenters. The maximum Gasteiger partial charge on any atom is 0.350 e. The van der Waals surface area contributed by atoms with Crippen LogP contribution in [-0.2, 0) is 13.5 Å². The van der Waals surface area contributed by atoms with E-state index in [4.69, 9.17) is 0 Å². The Morgan fingerprint density at radius 2 is 2.00 bits per heavy atom. The Balaban J connectivity index is 2.36. The van der Waals surface area contributed by atoms with Gasteiger partial charge in [0.05, 0.1) is 5.56 Å². The van der Waals surface area contributed by atoms with Crippen molar-refractivity contribution in [2.24, 2.45) is 7.05 Å². The number of H-pyrrole nitrogens is 1. The maximum atomic E-state index is 4.58. The number of benzene rings is 1. The van der Waals surface area contributed by atoms with Crippen LogP contribution in [-0.4, -0.2) is 10.1 Å². The Morgan fingerprint density at radius 1 is 1.27 bits per heavy atom. The molecule has 1 N–H and O–H groups in total. The van der Waals surface area contributed by atoms with Crippen molar-refractivity contribution in [1.29, 1.82) is 0 Å².